The van der Waals surface area contributed by atoms with E-state index in [9.17, 15) is 31.1 Å². The predicted molar refractivity (Wildman–Crippen MR) is 83.1 cm³/mol. The Bertz CT molecular complexity index is 782. The molecule has 26 heavy (non-hydrogen) atoms. The summed E-state index contributed by atoms with van der Waals surface area (Å²) in [7, 11) is 1.31. The molecule has 0 spiro atoms. The Hall–Kier alpha value is -2.51. The minimum atomic E-state index is -4.55. The zero-order valence-electron chi connectivity index (χ0n) is 13.7. The van der Waals surface area contributed by atoms with Gasteiger partial charge >= 0.3 is 12.4 Å². The highest BCUT2D eigenvalue weighted by Gasteiger charge is 2.33. The second kappa shape index (κ2) is 7.39. The zero-order chi connectivity index (χ0) is 19.5. The average Bonchev–Trinajstić information content (AvgIpc) is 2.53. The molecule has 0 aromatic heterocycles. The van der Waals surface area contributed by atoms with Crippen molar-refractivity contribution in [2.24, 2.45) is 0 Å². The van der Waals surface area contributed by atoms with Gasteiger partial charge in [0.2, 0.25) is 5.91 Å². The molecule has 0 aliphatic heterocycles. The maximum atomic E-state index is 13.0. The summed E-state index contributed by atoms with van der Waals surface area (Å²) in [6, 6.07) is 9.14. The lowest BCUT2D eigenvalue weighted by Gasteiger charge is -2.20. The lowest BCUT2D eigenvalue weighted by molar-refractivity contribution is -0.139. The van der Waals surface area contributed by atoms with Crippen molar-refractivity contribution in [3.8, 4) is 0 Å². The molecule has 140 valence electrons. The van der Waals surface area contributed by atoms with Crippen molar-refractivity contribution in [3.05, 3.63) is 70.8 Å². The Labute approximate surface area is 146 Å². The van der Waals surface area contributed by atoms with Crippen LogP contribution < -0.4 is 0 Å². The van der Waals surface area contributed by atoms with Crippen LogP contribution in [-0.2, 0) is 30.1 Å². The first-order valence-electron chi connectivity index (χ1n) is 7.53. The predicted octanol–water partition coefficient (Wildman–Crippen LogP) is 4.93. The monoisotopic (exact) mass is 375 g/mol. The van der Waals surface area contributed by atoms with Crippen molar-refractivity contribution in [1.29, 1.82) is 0 Å². The van der Waals surface area contributed by atoms with Crippen molar-refractivity contribution in [1.82, 2.24) is 4.90 Å². The second-order valence-corrected chi connectivity index (χ2v) is 5.78. The number of carbonyl (C=O) groups excluding carboxylic acids is 1. The van der Waals surface area contributed by atoms with Crippen LogP contribution in [0.1, 0.15) is 22.3 Å². The van der Waals surface area contributed by atoms with Gasteiger partial charge in [0.25, 0.3) is 0 Å². The number of benzene rings is 2. The summed E-state index contributed by atoms with van der Waals surface area (Å²) in [5, 5.41) is 0. The third-order valence-electron chi connectivity index (χ3n) is 3.77. The van der Waals surface area contributed by atoms with Gasteiger partial charge in [0.15, 0.2) is 0 Å². The van der Waals surface area contributed by atoms with Crippen molar-refractivity contribution < 1.29 is 31.1 Å². The van der Waals surface area contributed by atoms with Gasteiger partial charge in [0, 0.05) is 13.6 Å². The van der Waals surface area contributed by atoms with Crippen molar-refractivity contribution in [3.63, 3.8) is 0 Å². The SMILES string of the molecule is CN(Cc1ccccc1C(F)(F)F)C(=O)Cc1cccc(C(F)(F)F)c1. The fourth-order valence-corrected chi connectivity index (χ4v) is 2.45. The molecule has 0 unspecified atom stereocenters. The lowest BCUT2D eigenvalue weighted by atomic mass is 10.1. The lowest BCUT2D eigenvalue weighted by Crippen LogP contribution is -2.29. The van der Waals surface area contributed by atoms with E-state index < -0.39 is 29.4 Å². The third kappa shape index (κ3) is 5.00. The summed E-state index contributed by atoms with van der Waals surface area (Å²) in [5.41, 5.74) is -1.67. The molecule has 0 atom stereocenters. The van der Waals surface area contributed by atoms with Gasteiger partial charge in [-0.2, -0.15) is 26.3 Å². The van der Waals surface area contributed by atoms with Crippen molar-refractivity contribution in [2.45, 2.75) is 25.3 Å². The number of hydrogen-bond acceptors (Lipinski definition) is 1. The van der Waals surface area contributed by atoms with Crippen LogP contribution in [-0.4, -0.2) is 17.9 Å². The molecule has 2 rings (SSSR count). The number of carbonyl (C=O) groups is 1. The molecular weight excluding hydrogens is 360 g/mol. The Morgan fingerprint density at radius 1 is 0.923 bits per heavy atom. The molecule has 0 bridgehead atoms. The normalized spacial score (nSPS) is 12.1. The molecular formula is C18H15F6NO. The smallest absolute Gasteiger partial charge is 0.341 e. The Morgan fingerprint density at radius 3 is 2.19 bits per heavy atom. The van der Waals surface area contributed by atoms with Crippen LogP contribution in [0.3, 0.4) is 0 Å². The highest BCUT2D eigenvalue weighted by molar-refractivity contribution is 5.78. The van der Waals surface area contributed by atoms with Crippen LogP contribution in [0.2, 0.25) is 0 Å². The van der Waals surface area contributed by atoms with Gasteiger partial charge in [-0.15, -0.1) is 0 Å². The molecule has 0 aliphatic rings. The molecule has 0 saturated carbocycles. The topological polar surface area (TPSA) is 20.3 Å². The van der Waals surface area contributed by atoms with Crippen LogP contribution in [0.15, 0.2) is 48.5 Å². The van der Waals surface area contributed by atoms with Gasteiger partial charge in [-0.3, -0.25) is 4.79 Å². The molecule has 2 aromatic carbocycles. The van der Waals surface area contributed by atoms with Crippen LogP contribution in [0.25, 0.3) is 0 Å². The van der Waals surface area contributed by atoms with E-state index in [1.54, 1.807) is 0 Å². The largest absolute Gasteiger partial charge is 0.416 e. The highest BCUT2D eigenvalue weighted by atomic mass is 19.4. The summed E-state index contributed by atoms with van der Waals surface area (Å²) >= 11 is 0. The van der Waals surface area contributed by atoms with Gasteiger partial charge in [-0.25, -0.2) is 0 Å². The number of hydrogen-bond donors (Lipinski definition) is 0. The number of likely N-dealkylation sites (N-methyl/N-ethyl adjacent to an activating group) is 1. The molecule has 0 aliphatic carbocycles. The van der Waals surface area contributed by atoms with E-state index >= 15 is 0 Å². The van der Waals surface area contributed by atoms with E-state index in [2.05, 4.69) is 0 Å². The standard InChI is InChI=1S/C18H15F6NO/c1-25(11-13-6-2-3-8-15(13)18(22,23)24)16(26)10-12-5-4-7-14(9-12)17(19,20)21/h2-9H,10-11H2,1H3. The quantitative estimate of drug-likeness (QED) is 0.695. The van der Waals surface area contributed by atoms with E-state index in [4.69, 9.17) is 0 Å². The first-order chi connectivity index (χ1) is 12.0. The summed E-state index contributed by atoms with van der Waals surface area (Å²) in [6.07, 6.45) is -9.42. The van der Waals surface area contributed by atoms with Crippen molar-refractivity contribution >= 4 is 5.91 Å². The van der Waals surface area contributed by atoms with Crippen LogP contribution in [0.5, 0.6) is 0 Å². The van der Waals surface area contributed by atoms with Gasteiger partial charge in [0.1, 0.15) is 0 Å². The minimum Gasteiger partial charge on any atom is -0.341 e. The van der Waals surface area contributed by atoms with Crippen LogP contribution >= 0.6 is 0 Å². The molecule has 1 amide bonds. The van der Waals surface area contributed by atoms with Gasteiger partial charge in [0.05, 0.1) is 17.5 Å². The molecule has 2 aromatic rings. The molecule has 8 heteroatoms. The van der Waals surface area contributed by atoms with E-state index in [0.717, 1.165) is 23.1 Å². The van der Waals surface area contributed by atoms with E-state index in [0.29, 0.717) is 0 Å². The number of rotatable bonds is 4. The van der Waals surface area contributed by atoms with Gasteiger partial charge < -0.3 is 4.90 Å². The molecule has 0 saturated heterocycles. The number of alkyl halides is 6. The summed E-state index contributed by atoms with van der Waals surface area (Å²) < 4.78 is 77.1. The number of amides is 1. The molecule has 0 heterocycles. The Balaban J connectivity index is 2.12. The minimum absolute atomic E-state index is 0.0834. The molecule has 2 nitrogen and oxygen atoms in total. The summed E-state index contributed by atoms with van der Waals surface area (Å²) in [6.45, 7) is -0.298. The summed E-state index contributed by atoms with van der Waals surface area (Å²) in [5.74, 6) is -0.582. The van der Waals surface area contributed by atoms with Gasteiger partial charge in [-0.05, 0) is 23.3 Å². The first-order valence-corrected chi connectivity index (χ1v) is 7.53. The molecule has 0 N–H and O–H groups in total. The van der Waals surface area contributed by atoms with E-state index in [1.807, 2.05) is 0 Å². The maximum absolute atomic E-state index is 13.0. The third-order valence-corrected chi connectivity index (χ3v) is 3.77. The number of halogens is 6. The molecule has 0 radical (unpaired) electrons. The second-order valence-electron chi connectivity index (χ2n) is 5.78. The first kappa shape index (κ1) is 19.8. The van der Waals surface area contributed by atoms with E-state index in [-0.39, 0.29) is 24.1 Å². The Kier molecular flexibility index (Phi) is 5.63. The average molecular weight is 375 g/mol. The fraction of sp³-hybridized carbons (Fsp3) is 0.278. The van der Waals surface area contributed by atoms with Gasteiger partial charge in [-0.1, -0.05) is 36.4 Å². The Morgan fingerprint density at radius 2 is 1.58 bits per heavy atom. The summed E-state index contributed by atoms with van der Waals surface area (Å²) in [4.78, 5) is 13.3. The fourth-order valence-electron chi connectivity index (χ4n) is 2.45. The maximum Gasteiger partial charge on any atom is 0.416 e. The van der Waals surface area contributed by atoms with Crippen molar-refractivity contribution in [2.75, 3.05) is 7.05 Å². The number of nitrogens with zero attached hydrogens (tertiary/aromatic N) is 1. The van der Waals surface area contributed by atoms with Crippen LogP contribution in [0.4, 0.5) is 26.3 Å². The highest BCUT2D eigenvalue weighted by Crippen LogP contribution is 2.32. The van der Waals surface area contributed by atoms with Crippen LogP contribution in [0, 0.1) is 0 Å². The zero-order valence-corrected chi connectivity index (χ0v) is 13.7. The van der Waals surface area contributed by atoms with E-state index in [1.165, 1.54) is 37.4 Å². The molecule has 0 fully saturated rings.